The maximum atomic E-state index is 12.1. The average Bonchev–Trinajstić information content (AvgIpc) is 3.51. The lowest BCUT2D eigenvalue weighted by molar-refractivity contribution is -0.324. The van der Waals surface area contributed by atoms with Crippen LogP contribution in [0.25, 0.3) is 0 Å². The Kier molecular flexibility index (Phi) is 12.9. The van der Waals surface area contributed by atoms with Gasteiger partial charge in [-0.3, -0.25) is 0 Å². The van der Waals surface area contributed by atoms with Crippen LogP contribution in [-0.4, -0.2) is 138 Å². The lowest BCUT2D eigenvalue weighted by Gasteiger charge is -2.54. The van der Waals surface area contributed by atoms with Gasteiger partial charge in [0.2, 0.25) is 0 Å². The number of allylic oxidation sites excluding steroid dienone is 4. The molecule has 13 nitrogen and oxygen atoms in total. The minimum absolute atomic E-state index is 0.0270. The van der Waals surface area contributed by atoms with Crippen LogP contribution < -0.4 is 0 Å². The monoisotopic (exact) mass is 768 g/mol. The Bertz CT molecular complexity index is 1370. The van der Waals surface area contributed by atoms with Crippen molar-refractivity contribution in [3.05, 3.63) is 22.8 Å². The molecule has 0 amide bonds. The predicted octanol–water partition coefficient (Wildman–Crippen LogP) is 1.82. The van der Waals surface area contributed by atoms with E-state index >= 15 is 0 Å². The fourth-order valence-electron chi connectivity index (χ4n) is 11.3. The van der Waals surface area contributed by atoms with E-state index in [9.17, 15) is 46.0 Å². The van der Waals surface area contributed by atoms with E-state index < -0.39 is 86.3 Å². The Morgan fingerprint density at radius 2 is 1.41 bits per heavy atom. The molecule has 3 fully saturated rings. The molecule has 0 aromatic carbocycles. The first-order valence-electron chi connectivity index (χ1n) is 20.5. The molecular weight excluding hydrogens is 700 g/mol. The van der Waals surface area contributed by atoms with Crippen LogP contribution in [0.3, 0.4) is 0 Å². The summed E-state index contributed by atoms with van der Waals surface area (Å²) in [5.41, 5.74) is 3.42. The van der Waals surface area contributed by atoms with E-state index in [1.807, 2.05) is 13.8 Å². The van der Waals surface area contributed by atoms with Crippen molar-refractivity contribution < 1.29 is 64.9 Å². The van der Waals surface area contributed by atoms with Crippen molar-refractivity contribution in [1.29, 1.82) is 0 Å². The summed E-state index contributed by atoms with van der Waals surface area (Å²) in [6.45, 7) is 11.7. The second-order valence-electron chi connectivity index (χ2n) is 18.4. The van der Waals surface area contributed by atoms with E-state index in [0.717, 1.165) is 57.8 Å². The van der Waals surface area contributed by atoms with Gasteiger partial charge in [0.05, 0.1) is 31.0 Å². The topological polar surface area (TPSA) is 219 Å². The maximum Gasteiger partial charge on any atom is 0.187 e. The Labute approximate surface area is 320 Å². The molecule has 0 spiro atoms. The van der Waals surface area contributed by atoms with E-state index in [4.69, 9.17) is 18.9 Å². The van der Waals surface area contributed by atoms with E-state index in [1.165, 1.54) is 11.1 Å². The SMILES string of the molecule is CC(CCC(O)(C(C)C)C(C)OC1OC(CO)C(O)C(O)C1O)C1CC=C2C3=C(CCC21C)C1(C)CCC(OC2OC(CO)C(O)C(O)C2O)CC1CC3. The van der Waals surface area contributed by atoms with E-state index in [2.05, 4.69) is 26.8 Å². The van der Waals surface area contributed by atoms with Crippen LogP contribution >= 0.6 is 0 Å². The summed E-state index contributed by atoms with van der Waals surface area (Å²) in [6.07, 6.45) is -2.90. The highest BCUT2D eigenvalue weighted by molar-refractivity contribution is 5.49. The van der Waals surface area contributed by atoms with Crippen LogP contribution in [0.1, 0.15) is 106 Å². The van der Waals surface area contributed by atoms with Crippen molar-refractivity contribution in [2.24, 2.45) is 34.5 Å². The number of hydrogen-bond donors (Lipinski definition) is 9. The molecule has 1 saturated carbocycles. The first-order chi connectivity index (χ1) is 25.4. The molecule has 0 aromatic rings. The summed E-state index contributed by atoms with van der Waals surface area (Å²) in [6, 6.07) is 0. The number of rotatable bonds is 12. The summed E-state index contributed by atoms with van der Waals surface area (Å²) < 4.78 is 23.5. The van der Waals surface area contributed by atoms with Gasteiger partial charge in [-0.05, 0) is 117 Å². The quantitative estimate of drug-likeness (QED) is 0.139. The van der Waals surface area contributed by atoms with Gasteiger partial charge in [0.15, 0.2) is 12.6 Å². The predicted molar refractivity (Wildman–Crippen MR) is 196 cm³/mol. The Morgan fingerprint density at radius 3 is 2.02 bits per heavy atom. The molecule has 9 N–H and O–H groups in total. The van der Waals surface area contributed by atoms with Gasteiger partial charge in [-0.1, -0.05) is 46.3 Å². The largest absolute Gasteiger partial charge is 0.394 e. The molecule has 310 valence electrons. The zero-order chi connectivity index (χ0) is 39.5. The number of aliphatic hydroxyl groups excluding tert-OH is 8. The number of aliphatic hydroxyl groups is 9. The Morgan fingerprint density at radius 1 is 0.796 bits per heavy atom. The van der Waals surface area contributed by atoms with Crippen LogP contribution in [0.4, 0.5) is 0 Å². The molecule has 0 aromatic heterocycles. The lowest BCUT2D eigenvalue weighted by atomic mass is 9.51. The molecule has 18 unspecified atom stereocenters. The van der Waals surface area contributed by atoms with Crippen molar-refractivity contribution in [2.75, 3.05) is 13.2 Å². The zero-order valence-corrected chi connectivity index (χ0v) is 33.0. The molecule has 6 aliphatic rings. The highest BCUT2D eigenvalue weighted by Crippen LogP contribution is 2.64. The summed E-state index contributed by atoms with van der Waals surface area (Å²) in [5, 5.41) is 93.4. The van der Waals surface area contributed by atoms with Crippen LogP contribution in [0.5, 0.6) is 0 Å². The minimum atomic E-state index is -1.55. The van der Waals surface area contributed by atoms with Crippen LogP contribution in [0.15, 0.2) is 22.8 Å². The van der Waals surface area contributed by atoms with Gasteiger partial charge in [0.1, 0.15) is 48.8 Å². The highest BCUT2D eigenvalue weighted by atomic mass is 16.7. The molecule has 0 bridgehead atoms. The molecule has 2 heterocycles. The summed E-state index contributed by atoms with van der Waals surface area (Å²) >= 11 is 0. The molecule has 13 heteroatoms. The molecule has 2 aliphatic heterocycles. The second kappa shape index (κ2) is 16.3. The number of ether oxygens (including phenoxy) is 4. The zero-order valence-electron chi connectivity index (χ0n) is 33.0. The first-order valence-corrected chi connectivity index (χ1v) is 20.5. The lowest BCUT2D eigenvalue weighted by Crippen LogP contribution is -2.61. The third kappa shape index (κ3) is 7.42. The molecule has 18 atom stereocenters. The smallest absolute Gasteiger partial charge is 0.187 e. The number of fused-ring (bicyclic) bond motifs is 4. The maximum absolute atomic E-state index is 12.1. The van der Waals surface area contributed by atoms with E-state index in [-0.39, 0.29) is 22.9 Å². The van der Waals surface area contributed by atoms with Crippen LogP contribution in [0.2, 0.25) is 0 Å². The summed E-state index contributed by atoms with van der Waals surface area (Å²) in [7, 11) is 0. The number of hydrogen-bond acceptors (Lipinski definition) is 13. The van der Waals surface area contributed by atoms with E-state index in [0.29, 0.717) is 24.2 Å². The second-order valence-corrected chi connectivity index (χ2v) is 18.4. The molecule has 54 heavy (non-hydrogen) atoms. The molecule has 2 saturated heterocycles. The van der Waals surface area contributed by atoms with Crippen molar-refractivity contribution in [3.8, 4) is 0 Å². The average molecular weight is 769 g/mol. The molecule has 4 aliphatic carbocycles. The van der Waals surface area contributed by atoms with Gasteiger partial charge in [0.25, 0.3) is 0 Å². The molecular formula is C41H68O13. The van der Waals surface area contributed by atoms with Crippen LogP contribution in [-0.2, 0) is 18.9 Å². The minimum Gasteiger partial charge on any atom is -0.394 e. The molecule has 6 rings (SSSR count). The normalized spacial score (nSPS) is 46.3. The van der Waals surface area contributed by atoms with Gasteiger partial charge in [-0.25, -0.2) is 0 Å². The van der Waals surface area contributed by atoms with Gasteiger partial charge in [-0.2, -0.15) is 0 Å². The van der Waals surface area contributed by atoms with Gasteiger partial charge >= 0.3 is 0 Å². The third-order valence-electron chi connectivity index (χ3n) is 15.2. The third-order valence-corrected chi connectivity index (χ3v) is 15.2. The molecule has 0 radical (unpaired) electrons. The van der Waals surface area contributed by atoms with Crippen molar-refractivity contribution in [2.45, 2.75) is 185 Å². The van der Waals surface area contributed by atoms with Gasteiger partial charge in [0, 0.05) is 0 Å². The first kappa shape index (κ1) is 42.6. The Hall–Kier alpha value is -1.04. The van der Waals surface area contributed by atoms with Gasteiger partial charge in [-0.15, -0.1) is 0 Å². The van der Waals surface area contributed by atoms with E-state index in [1.54, 1.807) is 12.5 Å². The van der Waals surface area contributed by atoms with Crippen LogP contribution in [0, 0.1) is 34.5 Å². The standard InChI is InChI=1S/C41H68O13/c1-20(2)41(50,22(4)51-37-35(48)33(46)31(44)29(18-42)53-37)16-11-21(3)26-9-10-27-25-8-7-23-17-24(12-14-39(23,5)28(25)13-15-40(26,27)6)52-38-36(49)34(47)32(45)30(19-43)54-38/h10,20-24,26,29-38,42-50H,7-9,11-19H2,1-6H3. The highest BCUT2D eigenvalue weighted by Gasteiger charge is 2.55. The fraction of sp³-hybridized carbons (Fsp3) is 0.902. The Balaban J connectivity index is 1.09. The summed E-state index contributed by atoms with van der Waals surface area (Å²) in [5.74, 6) is 0.931. The van der Waals surface area contributed by atoms with Crippen molar-refractivity contribution in [3.63, 3.8) is 0 Å². The van der Waals surface area contributed by atoms with Crippen molar-refractivity contribution >= 4 is 0 Å². The van der Waals surface area contributed by atoms with Crippen molar-refractivity contribution in [1.82, 2.24) is 0 Å². The van der Waals surface area contributed by atoms with Gasteiger partial charge < -0.3 is 64.9 Å². The summed E-state index contributed by atoms with van der Waals surface area (Å²) in [4.78, 5) is 0. The fourth-order valence-corrected chi connectivity index (χ4v) is 11.3.